The van der Waals surface area contributed by atoms with Gasteiger partial charge in [0.25, 0.3) is 0 Å². The fourth-order valence-electron chi connectivity index (χ4n) is 3.62. The molecule has 5 nitrogen and oxygen atoms in total. The SMILES string of the molecule is COc1ccc(CC(=O)N2CC[C@@H](Cc3ccc(CO)cc3)C2)cc1OC. The second-order valence-electron chi connectivity index (χ2n) is 7.04. The zero-order valence-electron chi connectivity index (χ0n) is 16.0. The van der Waals surface area contributed by atoms with Crippen LogP contribution in [0.2, 0.25) is 0 Å². The first-order valence-electron chi connectivity index (χ1n) is 9.30. The third kappa shape index (κ3) is 4.80. The molecule has 1 heterocycles. The number of carbonyl (C=O) groups excluding carboxylic acids is 1. The molecule has 2 aromatic rings. The fraction of sp³-hybridized carbons (Fsp3) is 0.409. The minimum atomic E-state index is 0.0716. The zero-order valence-corrected chi connectivity index (χ0v) is 16.0. The van der Waals surface area contributed by atoms with Crippen LogP contribution in [-0.2, 0) is 24.2 Å². The standard InChI is InChI=1S/C22H27NO4/c1-26-20-8-7-18(12-21(20)27-2)13-22(25)23-10-9-19(14-23)11-16-3-5-17(15-24)6-4-16/h3-8,12,19,24H,9-11,13-15H2,1-2H3/t19-/m0/s1. The Morgan fingerprint density at radius 1 is 1.04 bits per heavy atom. The van der Waals surface area contributed by atoms with Crippen molar-refractivity contribution < 1.29 is 19.4 Å². The van der Waals surface area contributed by atoms with Crippen molar-refractivity contribution in [3.63, 3.8) is 0 Å². The number of carbonyl (C=O) groups is 1. The van der Waals surface area contributed by atoms with Gasteiger partial charge in [-0.05, 0) is 47.6 Å². The van der Waals surface area contributed by atoms with Gasteiger partial charge in [0, 0.05) is 13.1 Å². The molecule has 0 radical (unpaired) electrons. The van der Waals surface area contributed by atoms with Crippen LogP contribution in [0.25, 0.3) is 0 Å². The van der Waals surface area contributed by atoms with Crippen molar-refractivity contribution in [3.05, 3.63) is 59.2 Å². The molecule has 1 amide bonds. The molecule has 1 N–H and O–H groups in total. The summed E-state index contributed by atoms with van der Waals surface area (Å²) in [5, 5.41) is 9.13. The van der Waals surface area contributed by atoms with Gasteiger partial charge in [-0.15, -0.1) is 0 Å². The van der Waals surface area contributed by atoms with Gasteiger partial charge in [0.15, 0.2) is 11.5 Å². The summed E-state index contributed by atoms with van der Waals surface area (Å²) >= 11 is 0. The number of methoxy groups -OCH3 is 2. The molecule has 2 aromatic carbocycles. The van der Waals surface area contributed by atoms with Crippen LogP contribution in [-0.4, -0.2) is 43.2 Å². The molecule has 3 rings (SSSR count). The normalized spacial score (nSPS) is 16.4. The van der Waals surface area contributed by atoms with Gasteiger partial charge < -0.3 is 19.5 Å². The van der Waals surface area contributed by atoms with Crippen molar-refractivity contribution >= 4 is 5.91 Å². The van der Waals surface area contributed by atoms with E-state index in [0.717, 1.165) is 37.1 Å². The van der Waals surface area contributed by atoms with E-state index in [1.54, 1.807) is 14.2 Å². The predicted molar refractivity (Wildman–Crippen MR) is 104 cm³/mol. The molecule has 0 aromatic heterocycles. The van der Waals surface area contributed by atoms with E-state index in [9.17, 15) is 4.79 Å². The number of amides is 1. The maximum Gasteiger partial charge on any atom is 0.227 e. The largest absolute Gasteiger partial charge is 0.493 e. The van der Waals surface area contributed by atoms with Gasteiger partial charge >= 0.3 is 0 Å². The average Bonchev–Trinajstić information content (AvgIpc) is 3.17. The van der Waals surface area contributed by atoms with Crippen LogP contribution < -0.4 is 9.47 Å². The van der Waals surface area contributed by atoms with Crippen LogP contribution in [0.4, 0.5) is 0 Å². The highest BCUT2D eigenvalue weighted by Gasteiger charge is 2.26. The van der Waals surface area contributed by atoms with Gasteiger partial charge in [0.1, 0.15) is 0 Å². The molecule has 0 unspecified atom stereocenters. The number of nitrogens with zero attached hydrogens (tertiary/aromatic N) is 1. The summed E-state index contributed by atoms with van der Waals surface area (Å²) < 4.78 is 10.6. The molecule has 0 saturated carbocycles. The number of likely N-dealkylation sites (tertiary alicyclic amines) is 1. The number of hydrogen-bond donors (Lipinski definition) is 1. The van der Waals surface area contributed by atoms with Crippen LogP contribution in [0.3, 0.4) is 0 Å². The topological polar surface area (TPSA) is 59.0 Å². The third-order valence-electron chi connectivity index (χ3n) is 5.17. The molecule has 1 fully saturated rings. The molecule has 144 valence electrons. The van der Waals surface area contributed by atoms with Gasteiger partial charge in [0.2, 0.25) is 5.91 Å². The average molecular weight is 369 g/mol. The molecular formula is C22H27NO4. The van der Waals surface area contributed by atoms with E-state index < -0.39 is 0 Å². The summed E-state index contributed by atoms with van der Waals surface area (Å²) in [5.74, 6) is 1.95. The molecule has 0 spiro atoms. The van der Waals surface area contributed by atoms with Gasteiger partial charge in [0.05, 0.1) is 27.2 Å². The second-order valence-corrected chi connectivity index (χ2v) is 7.04. The van der Waals surface area contributed by atoms with Crippen LogP contribution >= 0.6 is 0 Å². The number of ether oxygens (including phenoxy) is 2. The number of benzene rings is 2. The van der Waals surface area contributed by atoms with Crippen molar-refractivity contribution in [2.45, 2.75) is 25.9 Å². The first kappa shape index (κ1) is 19.2. The quantitative estimate of drug-likeness (QED) is 0.815. The molecule has 1 atom stereocenters. The minimum absolute atomic E-state index is 0.0716. The number of hydrogen-bond acceptors (Lipinski definition) is 4. The summed E-state index contributed by atoms with van der Waals surface area (Å²) in [7, 11) is 3.20. The maximum atomic E-state index is 12.7. The highest BCUT2D eigenvalue weighted by atomic mass is 16.5. The Bertz CT molecular complexity index is 772. The Labute approximate surface area is 160 Å². The summed E-state index contributed by atoms with van der Waals surface area (Å²) in [6.07, 6.45) is 2.36. The summed E-state index contributed by atoms with van der Waals surface area (Å²) in [5.41, 5.74) is 3.11. The van der Waals surface area contributed by atoms with Crippen LogP contribution in [0.5, 0.6) is 11.5 Å². The molecule has 5 heteroatoms. The Morgan fingerprint density at radius 2 is 1.70 bits per heavy atom. The molecule has 27 heavy (non-hydrogen) atoms. The Balaban J connectivity index is 1.55. The maximum absolute atomic E-state index is 12.7. The lowest BCUT2D eigenvalue weighted by Crippen LogP contribution is -2.30. The molecule has 0 aliphatic carbocycles. The number of aliphatic hydroxyl groups is 1. The monoisotopic (exact) mass is 369 g/mol. The van der Waals surface area contributed by atoms with Crippen molar-refractivity contribution in [2.24, 2.45) is 5.92 Å². The highest BCUT2D eigenvalue weighted by Crippen LogP contribution is 2.28. The van der Waals surface area contributed by atoms with Crippen molar-refractivity contribution in [3.8, 4) is 11.5 Å². The third-order valence-corrected chi connectivity index (χ3v) is 5.17. The lowest BCUT2D eigenvalue weighted by atomic mass is 9.98. The van der Waals surface area contributed by atoms with E-state index in [1.807, 2.05) is 35.2 Å². The van der Waals surface area contributed by atoms with E-state index in [1.165, 1.54) is 5.56 Å². The van der Waals surface area contributed by atoms with Crippen molar-refractivity contribution in [2.75, 3.05) is 27.3 Å². The Kier molecular flexibility index (Phi) is 6.35. The fourth-order valence-corrected chi connectivity index (χ4v) is 3.62. The Morgan fingerprint density at radius 3 is 2.37 bits per heavy atom. The zero-order chi connectivity index (χ0) is 19.2. The van der Waals surface area contributed by atoms with Gasteiger partial charge in [-0.2, -0.15) is 0 Å². The van der Waals surface area contributed by atoms with Crippen LogP contribution in [0.15, 0.2) is 42.5 Å². The minimum Gasteiger partial charge on any atom is -0.493 e. The smallest absolute Gasteiger partial charge is 0.227 e. The van der Waals surface area contributed by atoms with E-state index >= 15 is 0 Å². The summed E-state index contributed by atoms with van der Waals surface area (Å²) in [4.78, 5) is 14.6. The summed E-state index contributed by atoms with van der Waals surface area (Å²) in [6.45, 7) is 1.68. The summed E-state index contributed by atoms with van der Waals surface area (Å²) in [6, 6.07) is 13.7. The van der Waals surface area contributed by atoms with Crippen LogP contribution in [0.1, 0.15) is 23.1 Å². The van der Waals surface area contributed by atoms with Crippen molar-refractivity contribution in [1.29, 1.82) is 0 Å². The molecule has 1 aliphatic rings. The molecule has 1 saturated heterocycles. The van der Waals surface area contributed by atoms with E-state index in [2.05, 4.69) is 12.1 Å². The lowest BCUT2D eigenvalue weighted by molar-refractivity contribution is -0.129. The lowest BCUT2D eigenvalue weighted by Gasteiger charge is -2.17. The highest BCUT2D eigenvalue weighted by molar-refractivity contribution is 5.79. The van der Waals surface area contributed by atoms with E-state index in [0.29, 0.717) is 23.8 Å². The first-order chi connectivity index (χ1) is 13.1. The Hall–Kier alpha value is -2.53. The predicted octanol–water partition coefficient (Wildman–Crippen LogP) is 2.83. The van der Waals surface area contributed by atoms with Gasteiger partial charge in [-0.1, -0.05) is 30.3 Å². The number of aliphatic hydroxyl groups excluding tert-OH is 1. The second kappa shape index (κ2) is 8.91. The molecule has 0 bridgehead atoms. The van der Waals surface area contributed by atoms with Gasteiger partial charge in [-0.3, -0.25) is 4.79 Å². The van der Waals surface area contributed by atoms with Gasteiger partial charge in [-0.25, -0.2) is 0 Å². The molecule has 1 aliphatic heterocycles. The first-order valence-corrected chi connectivity index (χ1v) is 9.30. The number of rotatable bonds is 7. The van der Waals surface area contributed by atoms with Crippen molar-refractivity contribution in [1.82, 2.24) is 4.90 Å². The van der Waals surface area contributed by atoms with E-state index in [-0.39, 0.29) is 12.5 Å². The van der Waals surface area contributed by atoms with Crippen LogP contribution in [0, 0.1) is 5.92 Å². The molecular weight excluding hydrogens is 342 g/mol. The van der Waals surface area contributed by atoms with E-state index in [4.69, 9.17) is 14.6 Å².